The predicted molar refractivity (Wildman–Crippen MR) is 107 cm³/mol. The van der Waals surface area contributed by atoms with Gasteiger partial charge in [0, 0.05) is 4.90 Å². The van der Waals surface area contributed by atoms with Crippen LogP contribution < -0.4 is 10.6 Å². The number of anilines is 1. The van der Waals surface area contributed by atoms with Crippen molar-refractivity contribution in [3.63, 3.8) is 0 Å². The summed E-state index contributed by atoms with van der Waals surface area (Å²) in [6, 6.07) is 17.4. The molecule has 2 aromatic rings. The van der Waals surface area contributed by atoms with Gasteiger partial charge in [0.15, 0.2) is 0 Å². The fourth-order valence-electron chi connectivity index (χ4n) is 2.60. The summed E-state index contributed by atoms with van der Waals surface area (Å²) in [6.07, 6.45) is 1.97. The molecule has 2 amide bonds. The van der Waals surface area contributed by atoms with Gasteiger partial charge in [-0.15, -0.1) is 11.8 Å². The molecule has 0 spiro atoms. The first kappa shape index (κ1) is 20.0. The van der Waals surface area contributed by atoms with E-state index in [1.54, 1.807) is 23.7 Å². The van der Waals surface area contributed by atoms with E-state index in [0.29, 0.717) is 0 Å². The van der Waals surface area contributed by atoms with Gasteiger partial charge >= 0.3 is 0 Å². The first-order valence-electron chi connectivity index (χ1n) is 8.45. The number of para-hydroxylation sites is 1. The van der Waals surface area contributed by atoms with Gasteiger partial charge in [0.2, 0.25) is 11.8 Å². The molecule has 0 bridgehead atoms. The van der Waals surface area contributed by atoms with Crippen molar-refractivity contribution in [1.29, 1.82) is 0 Å². The smallest absolute Gasteiger partial charge is 0.238 e. The molecular weight excluding hydrogens is 346 g/mol. The van der Waals surface area contributed by atoms with Crippen molar-refractivity contribution < 1.29 is 9.59 Å². The maximum absolute atomic E-state index is 12.2. The Hall–Kier alpha value is -2.31. The molecule has 1 unspecified atom stereocenters. The van der Waals surface area contributed by atoms with Crippen molar-refractivity contribution >= 4 is 29.3 Å². The molecule has 0 radical (unpaired) electrons. The first-order chi connectivity index (χ1) is 12.5. The minimum absolute atomic E-state index is 0.0700. The normalized spacial score (nSPS) is 11.8. The Bertz CT molecular complexity index is 737. The second kappa shape index (κ2) is 9.99. The number of nitrogens with one attached hydrogen (secondary N) is 2. The molecule has 2 N–H and O–H groups in total. The van der Waals surface area contributed by atoms with Gasteiger partial charge in [-0.2, -0.15) is 0 Å². The zero-order valence-corrected chi connectivity index (χ0v) is 16.2. The zero-order valence-electron chi connectivity index (χ0n) is 15.4. The highest BCUT2D eigenvalue weighted by molar-refractivity contribution is 7.98. The van der Waals surface area contributed by atoms with Crippen LogP contribution in [0.2, 0.25) is 0 Å². The van der Waals surface area contributed by atoms with Crippen molar-refractivity contribution in [3.05, 3.63) is 60.2 Å². The van der Waals surface area contributed by atoms with Gasteiger partial charge in [0.1, 0.15) is 0 Å². The number of hydrogen-bond donors (Lipinski definition) is 2. The van der Waals surface area contributed by atoms with Crippen LogP contribution in [0.1, 0.15) is 18.5 Å². The third-order valence-corrected chi connectivity index (χ3v) is 4.68. The van der Waals surface area contributed by atoms with Crippen LogP contribution in [0.5, 0.6) is 0 Å². The second-order valence-corrected chi connectivity index (χ2v) is 6.97. The lowest BCUT2D eigenvalue weighted by Crippen LogP contribution is -2.39. The second-order valence-electron chi connectivity index (χ2n) is 6.12. The number of thioether (sulfide) groups is 1. The summed E-state index contributed by atoms with van der Waals surface area (Å²) in [5.74, 6) is -0.251. The van der Waals surface area contributed by atoms with Crippen LogP contribution in [0, 0.1) is 0 Å². The molecule has 5 nitrogen and oxygen atoms in total. The maximum Gasteiger partial charge on any atom is 0.238 e. The van der Waals surface area contributed by atoms with Crippen molar-refractivity contribution in [2.45, 2.75) is 17.9 Å². The third kappa shape index (κ3) is 6.20. The number of amides is 2. The van der Waals surface area contributed by atoms with E-state index >= 15 is 0 Å². The van der Waals surface area contributed by atoms with E-state index in [1.807, 2.05) is 67.8 Å². The van der Waals surface area contributed by atoms with Gasteiger partial charge < -0.3 is 10.6 Å². The fourth-order valence-corrected chi connectivity index (χ4v) is 3.15. The SMILES string of the molecule is CSc1ccccc1NC(=O)CN(C)CC(=O)NC(C)c1ccccc1. The molecule has 0 heterocycles. The zero-order chi connectivity index (χ0) is 18.9. The Labute approximate surface area is 159 Å². The molecule has 0 aliphatic carbocycles. The summed E-state index contributed by atoms with van der Waals surface area (Å²) < 4.78 is 0. The Kier molecular flexibility index (Phi) is 7.69. The number of rotatable bonds is 8. The lowest BCUT2D eigenvalue weighted by atomic mass is 10.1. The van der Waals surface area contributed by atoms with Gasteiger partial charge in [0.25, 0.3) is 0 Å². The van der Waals surface area contributed by atoms with Gasteiger partial charge in [-0.1, -0.05) is 42.5 Å². The van der Waals surface area contributed by atoms with Crippen LogP contribution >= 0.6 is 11.8 Å². The molecule has 2 aromatic carbocycles. The summed E-state index contributed by atoms with van der Waals surface area (Å²) in [7, 11) is 1.76. The van der Waals surface area contributed by atoms with Gasteiger partial charge in [-0.3, -0.25) is 14.5 Å². The Morgan fingerprint density at radius 2 is 1.62 bits per heavy atom. The summed E-state index contributed by atoms with van der Waals surface area (Å²) in [4.78, 5) is 27.1. The average Bonchev–Trinajstić information content (AvgIpc) is 2.62. The average molecular weight is 372 g/mol. The minimum atomic E-state index is -0.141. The first-order valence-corrected chi connectivity index (χ1v) is 9.67. The van der Waals surface area contributed by atoms with E-state index in [0.717, 1.165) is 16.1 Å². The molecule has 2 rings (SSSR count). The summed E-state index contributed by atoms with van der Waals surface area (Å²) in [5.41, 5.74) is 1.84. The van der Waals surface area contributed by atoms with Gasteiger partial charge in [0.05, 0.1) is 24.8 Å². The predicted octanol–water partition coefficient (Wildman–Crippen LogP) is 3.16. The highest BCUT2D eigenvalue weighted by Gasteiger charge is 2.14. The fraction of sp³-hybridized carbons (Fsp3) is 0.300. The molecule has 0 saturated heterocycles. The van der Waals surface area contributed by atoms with E-state index in [-0.39, 0.29) is 30.9 Å². The Morgan fingerprint density at radius 1 is 1.00 bits per heavy atom. The van der Waals surface area contributed by atoms with Crippen LogP contribution in [-0.2, 0) is 9.59 Å². The molecule has 0 aliphatic rings. The largest absolute Gasteiger partial charge is 0.348 e. The van der Waals surface area contributed by atoms with Crippen molar-refractivity contribution in [2.75, 3.05) is 31.7 Å². The third-order valence-electron chi connectivity index (χ3n) is 3.89. The molecule has 26 heavy (non-hydrogen) atoms. The number of nitrogens with zero attached hydrogens (tertiary/aromatic N) is 1. The van der Waals surface area contributed by atoms with Crippen molar-refractivity contribution in [3.8, 4) is 0 Å². The molecular formula is C20H25N3O2S. The monoisotopic (exact) mass is 371 g/mol. The highest BCUT2D eigenvalue weighted by Crippen LogP contribution is 2.24. The highest BCUT2D eigenvalue weighted by atomic mass is 32.2. The molecule has 0 fully saturated rings. The number of benzene rings is 2. The van der Waals surface area contributed by atoms with E-state index in [2.05, 4.69) is 10.6 Å². The summed E-state index contributed by atoms with van der Waals surface area (Å²) >= 11 is 1.58. The summed E-state index contributed by atoms with van der Waals surface area (Å²) in [6.45, 7) is 2.25. The molecule has 6 heteroatoms. The van der Waals surface area contributed by atoms with E-state index in [9.17, 15) is 9.59 Å². The molecule has 1 atom stereocenters. The molecule has 0 aliphatic heterocycles. The van der Waals surface area contributed by atoms with Crippen LogP contribution in [-0.4, -0.2) is 43.1 Å². The van der Waals surface area contributed by atoms with E-state index in [4.69, 9.17) is 0 Å². The number of carbonyl (C=O) groups is 2. The maximum atomic E-state index is 12.2. The molecule has 138 valence electrons. The number of likely N-dealkylation sites (N-methyl/N-ethyl adjacent to an activating group) is 1. The van der Waals surface area contributed by atoms with Crippen molar-refractivity contribution in [2.24, 2.45) is 0 Å². The lowest BCUT2D eigenvalue weighted by molar-refractivity contribution is -0.123. The van der Waals surface area contributed by atoms with Crippen molar-refractivity contribution in [1.82, 2.24) is 10.2 Å². The Balaban J connectivity index is 1.81. The molecule has 0 saturated carbocycles. The standard InChI is InChI=1S/C20H25N3O2S/c1-15(16-9-5-4-6-10-16)21-19(24)13-23(2)14-20(25)22-17-11-7-8-12-18(17)26-3/h4-12,15H,13-14H2,1-3H3,(H,21,24)(H,22,25). The number of hydrogen-bond acceptors (Lipinski definition) is 4. The van der Waals surface area contributed by atoms with Crippen LogP contribution in [0.4, 0.5) is 5.69 Å². The van der Waals surface area contributed by atoms with Crippen LogP contribution in [0.3, 0.4) is 0 Å². The van der Waals surface area contributed by atoms with Gasteiger partial charge in [-0.25, -0.2) is 0 Å². The van der Waals surface area contributed by atoms with Crippen LogP contribution in [0.25, 0.3) is 0 Å². The van der Waals surface area contributed by atoms with E-state index < -0.39 is 0 Å². The minimum Gasteiger partial charge on any atom is -0.348 e. The number of carbonyl (C=O) groups excluding carboxylic acids is 2. The summed E-state index contributed by atoms with van der Waals surface area (Å²) in [5, 5.41) is 5.85. The lowest BCUT2D eigenvalue weighted by Gasteiger charge is -2.19. The Morgan fingerprint density at radius 3 is 2.31 bits per heavy atom. The van der Waals surface area contributed by atoms with Crippen LogP contribution in [0.15, 0.2) is 59.5 Å². The quantitative estimate of drug-likeness (QED) is 0.700. The topological polar surface area (TPSA) is 61.4 Å². The van der Waals surface area contributed by atoms with E-state index in [1.165, 1.54) is 0 Å². The van der Waals surface area contributed by atoms with Gasteiger partial charge in [-0.05, 0) is 37.9 Å². The molecule has 0 aromatic heterocycles.